The number of nitriles is 1. The molecule has 1 unspecified atom stereocenters. The van der Waals surface area contributed by atoms with E-state index in [0.29, 0.717) is 24.8 Å². The Balaban J connectivity index is 1.99. The van der Waals surface area contributed by atoms with E-state index in [9.17, 15) is 9.59 Å². The van der Waals surface area contributed by atoms with Crippen molar-refractivity contribution in [1.29, 1.82) is 5.26 Å². The molecule has 0 aromatic rings. The van der Waals surface area contributed by atoms with Crippen LogP contribution in [0.15, 0.2) is 0 Å². The maximum absolute atomic E-state index is 12.9. The van der Waals surface area contributed by atoms with Crippen molar-refractivity contribution < 1.29 is 9.59 Å². The van der Waals surface area contributed by atoms with Crippen LogP contribution in [0.1, 0.15) is 70.6 Å². The van der Waals surface area contributed by atoms with Crippen LogP contribution in [0.3, 0.4) is 0 Å². The number of nitrogens with two attached hydrogens (primary N) is 1. The first-order chi connectivity index (χ1) is 11.6. The van der Waals surface area contributed by atoms with Gasteiger partial charge in [-0.15, -0.1) is 0 Å². The predicted octanol–water partition coefficient (Wildman–Crippen LogP) is 2.99. The van der Waals surface area contributed by atoms with Gasteiger partial charge >= 0.3 is 0 Å². The Morgan fingerprint density at radius 3 is 2.04 bits per heavy atom. The van der Waals surface area contributed by atoms with Gasteiger partial charge in [0.2, 0.25) is 11.8 Å². The number of hydrogen-bond acceptors (Lipinski definition) is 3. The fourth-order valence-corrected chi connectivity index (χ4v) is 4.31. The highest BCUT2D eigenvalue weighted by Gasteiger charge is 2.33. The lowest BCUT2D eigenvalue weighted by Crippen LogP contribution is -2.45. The van der Waals surface area contributed by atoms with Crippen molar-refractivity contribution in [2.75, 3.05) is 13.1 Å². The molecule has 2 saturated carbocycles. The number of rotatable bonds is 7. The SMILES string of the molecule is N#CCN(CC1CCCCC1)C(=O)C(CC1CCCCC1)C(N)=O. The van der Waals surface area contributed by atoms with E-state index in [1.54, 1.807) is 4.90 Å². The minimum absolute atomic E-state index is 0.0593. The van der Waals surface area contributed by atoms with E-state index >= 15 is 0 Å². The third kappa shape index (κ3) is 5.51. The zero-order chi connectivity index (χ0) is 17.4. The summed E-state index contributed by atoms with van der Waals surface area (Å²) in [6.07, 6.45) is 12.2. The van der Waals surface area contributed by atoms with Gasteiger partial charge in [-0.3, -0.25) is 9.59 Å². The van der Waals surface area contributed by atoms with Crippen LogP contribution < -0.4 is 5.73 Å². The second-order valence-corrected chi connectivity index (χ2v) is 7.58. The third-order valence-electron chi connectivity index (χ3n) is 5.71. The highest BCUT2D eigenvalue weighted by molar-refractivity contribution is 5.99. The molecule has 134 valence electrons. The van der Waals surface area contributed by atoms with E-state index in [4.69, 9.17) is 11.0 Å². The lowest BCUT2D eigenvalue weighted by atomic mass is 9.82. The summed E-state index contributed by atoms with van der Waals surface area (Å²) in [6.45, 7) is 0.657. The van der Waals surface area contributed by atoms with Gasteiger partial charge in [-0.05, 0) is 31.1 Å². The van der Waals surface area contributed by atoms with Crippen LogP contribution in [0.2, 0.25) is 0 Å². The quantitative estimate of drug-likeness (QED) is 0.574. The lowest BCUT2D eigenvalue weighted by molar-refractivity contribution is -0.142. The van der Waals surface area contributed by atoms with Crippen molar-refractivity contribution in [3.8, 4) is 6.07 Å². The van der Waals surface area contributed by atoms with Gasteiger partial charge in [-0.25, -0.2) is 0 Å². The third-order valence-corrected chi connectivity index (χ3v) is 5.71. The van der Waals surface area contributed by atoms with E-state index in [1.165, 1.54) is 38.5 Å². The molecule has 0 saturated heterocycles. The number of amides is 2. The van der Waals surface area contributed by atoms with Crippen LogP contribution in [0.25, 0.3) is 0 Å². The normalized spacial score (nSPS) is 21.0. The van der Waals surface area contributed by atoms with Crippen LogP contribution in [0, 0.1) is 29.1 Å². The van der Waals surface area contributed by atoms with Crippen LogP contribution in [0.4, 0.5) is 0 Å². The van der Waals surface area contributed by atoms with Crippen LogP contribution in [-0.4, -0.2) is 29.8 Å². The number of primary amides is 1. The Morgan fingerprint density at radius 2 is 1.54 bits per heavy atom. The molecule has 0 aromatic carbocycles. The lowest BCUT2D eigenvalue weighted by Gasteiger charge is -2.31. The molecular formula is C19H31N3O2. The van der Waals surface area contributed by atoms with Crippen molar-refractivity contribution in [1.82, 2.24) is 4.90 Å². The minimum atomic E-state index is -0.759. The molecule has 0 bridgehead atoms. The highest BCUT2D eigenvalue weighted by Crippen LogP contribution is 2.30. The molecule has 0 aromatic heterocycles. The molecule has 0 spiro atoms. The minimum Gasteiger partial charge on any atom is -0.369 e. The number of carbonyl (C=O) groups excluding carboxylic acids is 2. The summed E-state index contributed by atoms with van der Waals surface area (Å²) in [6, 6.07) is 2.09. The fourth-order valence-electron chi connectivity index (χ4n) is 4.31. The first-order valence-corrected chi connectivity index (χ1v) is 9.57. The topological polar surface area (TPSA) is 87.2 Å². The van der Waals surface area contributed by atoms with E-state index < -0.39 is 11.8 Å². The monoisotopic (exact) mass is 333 g/mol. The summed E-state index contributed by atoms with van der Waals surface area (Å²) >= 11 is 0. The van der Waals surface area contributed by atoms with Gasteiger partial charge in [0, 0.05) is 6.54 Å². The molecule has 0 radical (unpaired) electrons. The number of carbonyl (C=O) groups is 2. The Bertz CT molecular complexity index is 460. The molecular weight excluding hydrogens is 302 g/mol. The van der Waals surface area contributed by atoms with Gasteiger partial charge < -0.3 is 10.6 Å². The molecule has 5 heteroatoms. The van der Waals surface area contributed by atoms with Crippen LogP contribution >= 0.6 is 0 Å². The molecule has 2 rings (SSSR count). The molecule has 2 amide bonds. The Labute approximate surface area is 145 Å². The van der Waals surface area contributed by atoms with E-state index in [0.717, 1.165) is 25.7 Å². The molecule has 2 fully saturated rings. The first kappa shape index (κ1) is 18.8. The molecule has 2 aliphatic carbocycles. The predicted molar refractivity (Wildman–Crippen MR) is 92.6 cm³/mol. The molecule has 24 heavy (non-hydrogen) atoms. The van der Waals surface area contributed by atoms with Crippen LogP contribution in [-0.2, 0) is 9.59 Å². The van der Waals surface area contributed by atoms with Crippen molar-refractivity contribution in [2.24, 2.45) is 23.5 Å². The van der Waals surface area contributed by atoms with Crippen molar-refractivity contribution >= 4 is 11.8 Å². The average molecular weight is 333 g/mol. The molecule has 2 N–H and O–H groups in total. The first-order valence-electron chi connectivity index (χ1n) is 9.57. The zero-order valence-electron chi connectivity index (χ0n) is 14.7. The molecule has 1 atom stereocenters. The Morgan fingerprint density at radius 1 is 1.00 bits per heavy atom. The van der Waals surface area contributed by atoms with Gasteiger partial charge in [0.05, 0.1) is 6.07 Å². The summed E-state index contributed by atoms with van der Waals surface area (Å²) in [5, 5.41) is 9.10. The number of hydrogen-bond donors (Lipinski definition) is 1. The summed E-state index contributed by atoms with van der Waals surface area (Å²) < 4.78 is 0. The van der Waals surface area contributed by atoms with Gasteiger partial charge in [-0.2, -0.15) is 5.26 Å². The molecule has 5 nitrogen and oxygen atoms in total. The average Bonchev–Trinajstić information content (AvgIpc) is 2.60. The Kier molecular flexibility index (Phi) is 7.55. The summed E-state index contributed by atoms with van der Waals surface area (Å²) in [5.74, 6) is -0.638. The highest BCUT2D eigenvalue weighted by atomic mass is 16.2. The van der Waals surface area contributed by atoms with E-state index in [-0.39, 0.29) is 12.5 Å². The summed E-state index contributed by atoms with van der Waals surface area (Å²) in [7, 11) is 0. The van der Waals surface area contributed by atoms with Gasteiger partial charge in [-0.1, -0.05) is 51.4 Å². The van der Waals surface area contributed by atoms with Crippen LogP contribution in [0.5, 0.6) is 0 Å². The zero-order valence-corrected chi connectivity index (χ0v) is 14.7. The van der Waals surface area contributed by atoms with Crippen molar-refractivity contribution in [3.05, 3.63) is 0 Å². The molecule has 0 heterocycles. The van der Waals surface area contributed by atoms with Crippen molar-refractivity contribution in [3.63, 3.8) is 0 Å². The fraction of sp³-hybridized carbons (Fsp3) is 0.842. The second kappa shape index (κ2) is 9.66. The maximum Gasteiger partial charge on any atom is 0.236 e. The summed E-state index contributed by atoms with van der Waals surface area (Å²) in [4.78, 5) is 26.4. The number of nitrogens with zero attached hydrogens (tertiary/aromatic N) is 2. The standard InChI is InChI=1S/C19H31N3O2/c20-11-12-22(14-16-9-5-2-6-10-16)19(24)17(18(21)23)13-15-7-3-1-4-8-15/h15-17H,1-10,12-14H2,(H2,21,23). The smallest absolute Gasteiger partial charge is 0.236 e. The molecule has 0 aliphatic heterocycles. The maximum atomic E-state index is 12.9. The van der Waals surface area contributed by atoms with E-state index in [2.05, 4.69) is 6.07 Å². The summed E-state index contributed by atoms with van der Waals surface area (Å²) in [5.41, 5.74) is 5.55. The van der Waals surface area contributed by atoms with Gasteiger partial charge in [0.1, 0.15) is 12.5 Å². The largest absolute Gasteiger partial charge is 0.369 e. The molecule has 2 aliphatic rings. The van der Waals surface area contributed by atoms with Crippen molar-refractivity contribution in [2.45, 2.75) is 70.6 Å². The second-order valence-electron chi connectivity index (χ2n) is 7.58. The van der Waals surface area contributed by atoms with Gasteiger partial charge in [0.15, 0.2) is 0 Å². The van der Waals surface area contributed by atoms with Gasteiger partial charge in [0.25, 0.3) is 0 Å². The van der Waals surface area contributed by atoms with E-state index in [1.807, 2.05) is 0 Å². The Hall–Kier alpha value is -1.57.